The summed E-state index contributed by atoms with van der Waals surface area (Å²) >= 11 is 0. The summed E-state index contributed by atoms with van der Waals surface area (Å²) in [5.41, 5.74) is 0. The molecule has 0 saturated heterocycles. The zero-order chi connectivity index (χ0) is 12.3. The molecule has 0 aliphatic heterocycles. The summed E-state index contributed by atoms with van der Waals surface area (Å²) in [7, 11) is 0. The highest BCUT2D eigenvalue weighted by atomic mass is 16.2. The maximum Gasteiger partial charge on any atom is 0.291 e. The third-order valence-corrected chi connectivity index (χ3v) is 2.22. The van der Waals surface area contributed by atoms with Crippen LogP contribution in [0.5, 0.6) is 0 Å². The van der Waals surface area contributed by atoms with Crippen molar-refractivity contribution in [2.24, 2.45) is 0 Å². The van der Waals surface area contributed by atoms with E-state index in [4.69, 9.17) is 0 Å². The molecule has 2 rings (SSSR count). The van der Waals surface area contributed by atoms with Crippen molar-refractivity contribution in [3.8, 4) is 0 Å². The van der Waals surface area contributed by atoms with Crippen molar-refractivity contribution in [1.29, 1.82) is 0 Å². The van der Waals surface area contributed by atoms with Crippen LogP contribution < -0.4 is 5.32 Å². The van der Waals surface area contributed by atoms with Crippen molar-refractivity contribution in [2.75, 3.05) is 0 Å². The number of imidazole rings is 1. The number of nitrogens with one attached hydrogen (secondary N) is 2. The minimum absolute atomic E-state index is 0.0180. The molecule has 1 atom stereocenters. The molecular formula is C10H14N6O. The van der Waals surface area contributed by atoms with E-state index in [0.717, 1.165) is 0 Å². The third-order valence-electron chi connectivity index (χ3n) is 2.22. The number of aryl methyl sites for hydroxylation is 1. The predicted molar refractivity (Wildman–Crippen MR) is 60.3 cm³/mol. The maximum absolute atomic E-state index is 11.7. The van der Waals surface area contributed by atoms with Crippen LogP contribution >= 0.6 is 0 Å². The van der Waals surface area contributed by atoms with E-state index in [9.17, 15) is 4.79 Å². The number of carbonyl (C=O) groups excluding carboxylic acids is 1. The first-order chi connectivity index (χ1) is 8.15. The van der Waals surface area contributed by atoms with Crippen LogP contribution in [0.2, 0.25) is 0 Å². The van der Waals surface area contributed by atoms with Gasteiger partial charge in [-0.05, 0) is 13.8 Å². The standard InChI is InChI=1S/C10H14N6O/c1-7(5-16-4-3-11-6-16)12-10(17)9-13-8(2)14-15-9/h3-4,6-7H,5H2,1-2H3,(H,12,17)(H,13,14,15). The Labute approximate surface area is 98.3 Å². The van der Waals surface area contributed by atoms with Crippen LogP contribution in [-0.2, 0) is 6.54 Å². The quantitative estimate of drug-likeness (QED) is 0.786. The second kappa shape index (κ2) is 4.77. The Hall–Kier alpha value is -2.18. The number of hydrogen-bond donors (Lipinski definition) is 2. The summed E-state index contributed by atoms with van der Waals surface area (Å²) < 4.78 is 1.90. The monoisotopic (exact) mass is 234 g/mol. The molecule has 0 bridgehead atoms. The SMILES string of the molecule is Cc1nc(C(=O)NC(C)Cn2ccnc2)n[nH]1. The third kappa shape index (κ3) is 2.90. The van der Waals surface area contributed by atoms with E-state index in [1.54, 1.807) is 19.4 Å². The summed E-state index contributed by atoms with van der Waals surface area (Å²) in [6.45, 7) is 4.32. The Balaban J connectivity index is 1.90. The van der Waals surface area contributed by atoms with Gasteiger partial charge in [0.1, 0.15) is 5.82 Å². The van der Waals surface area contributed by atoms with Crippen LogP contribution in [0.3, 0.4) is 0 Å². The van der Waals surface area contributed by atoms with Crippen molar-refractivity contribution >= 4 is 5.91 Å². The lowest BCUT2D eigenvalue weighted by atomic mass is 10.3. The number of H-pyrrole nitrogens is 1. The van der Waals surface area contributed by atoms with E-state index in [1.165, 1.54) is 0 Å². The Morgan fingerprint density at radius 2 is 2.47 bits per heavy atom. The number of hydrogen-bond acceptors (Lipinski definition) is 4. The lowest BCUT2D eigenvalue weighted by Gasteiger charge is -2.12. The number of carbonyl (C=O) groups is 1. The van der Waals surface area contributed by atoms with Gasteiger partial charge < -0.3 is 9.88 Å². The van der Waals surface area contributed by atoms with Crippen molar-refractivity contribution in [2.45, 2.75) is 26.4 Å². The van der Waals surface area contributed by atoms with Gasteiger partial charge in [-0.3, -0.25) is 9.89 Å². The van der Waals surface area contributed by atoms with Crippen molar-refractivity contribution in [3.63, 3.8) is 0 Å². The Morgan fingerprint density at radius 3 is 3.06 bits per heavy atom. The summed E-state index contributed by atoms with van der Waals surface area (Å²) in [5.74, 6) is 0.513. The normalized spacial score (nSPS) is 12.4. The molecule has 7 nitrogen and oxygen atoms in total. The minimum Gasteiger partial charge on any atom is -0.345 e. The molecule has 0 saturated carbocycles. The van der Waals surface area contributed by atoms with Gasteiger partial charge in [-0.25, -0.2) is 9.97 Å². The van der Waals surface area contributed by atoms with Crippen LogP contribution in [0.1, 0.15) is 23.4 Å². The van der Waals surface area contributed by atoms with Crippen LogP contribution in [0.25, 0.3) is 0 Å². The lowest BCUT2D eigenvalue weighted by molar-refractivity contribution is 0.0926. The molecule has 0 aliphatic rings. The number of nitrogens with zero attached hydrogens (tertiary/aromatic N) is 4. The average molecular weight is 234 g/mol. The molecule has 0 aromatic carbocycles. The van der Waals surface area contributed by atoms with Gasteiger partial charge >= 0.3 is 0 Å². The smallest absolute Gasteiger partial charge is 0.291 e. The van der Waals surface area contributed by atoms with E-state index in [0.29, 0.717) is 12.4 Å². The topological polar surface area (TPSA) is 88.5 Å². The molecule has 0 fully saturated rings. The number of aromatic nitrogens is 5. The highest BCUT2D eigenvalue weighted by Gasteiger charge is 2.13. The van der Waals surface area contributed by atoms with Gasteiger partial charge in [0.05, 0.1) is 6.33 Å². The largest absolute Gasteiger partial charge is 0.345 e. The van der Waals surface area contributed by atoms with Gasteiger partial charge in [0.15, 0.2) is 0 Å². The minimum atomic E-state index is -0.276. The molecule has 90 valence electrons. The van der Waals surface area contributed by atoms with Crippen molar-refractivity contribution in [3.05, 3.63) is 30.4 Å². The van der Waals surface area contributed by atoms with Crippen LogP contribution in [0.15, 0.2) is 18.7 Å². The predicted octanol–water partition coefficient (Wildman–Crippen LogP) is 0.128. The second-order valence-electron chi connectivity index (χ2n) is 3.88. The second-order valence-corrected chi connectivity index (χ2v) is 3.88. The fourth-order valence-electron chi connectivity index (χ4n) is 1.49. The molecule has 2 aromatic heterocycles. The first-order valence-electron chi connectivity index (χ1n) is 5.31. The Bertz CT molecular complexity index is 489. The van der Waals surface area contributed by atoms with Gasteiger partial charge in [0.25, 0.3) is 5.91 Å². The van der Waals surface area contributed by atoms with E-state index < -0.39 is 0 Å². The van der Waals surface area contributed by atoms with Crippen molar-refractivity contribution in [1.82, 2.24) is 30.0 Å². The van der Waals surface area contributed by atoms with Gasteiger partial charge in [-0.2, -0.15) is 0 Å². The molecule has 2 aromatic rings. The van der Waals surface area contributed by atoms with Crippen LogP contribution in [0.4, 0.5) is 0 Å². The average Bonchev–Trinajstić information content (AvgIpc) is 2.89. The van der Waals surface area contributed by atoms with E-state index in [-0.39, 0.29) is 17.8 Å². The Kier molecular flexibility index (Phi) is 3.17. The fourth-order valence-corrected chi connectivity index (χ4v) is 1.49. The summed E-state index contributed by atoms with van der Waals surface area (Å²) in [5, 5.41) is 9.24. The molecular weight excluding hydrogens is 220 g/mol. The van der Waals surface area contributed by atoms with E-state index in [2.05, 4.69) is 25.5 Å². The van der Waals surface area contributed by atoms with E-state index >= 15 is 0 Å². The van der Waals surface area contributed by atoms with Gasteiger partial charge in [-0.15, -0.1) is 5.10 Å². The number of rotatable bonds is 4. The summed E-state index contributed by atoms with van der Waals surface area (Å²) in [6.07, 6.45) is 5.26. The Morgan fingerprint density at radius 1 is 1.65 bits per heavy atom. The zero-order valence-corrected chi connectivity index (χ0v) is 9.71. The zero-order valence-electron chi connectivity index (χ0n) is 9.71. The first-order valence-corrected chi connectivity index (χ1v) is 5.31. The van der Waals surface area contributed by atoms with Crippen LogP contribution in [-0.4, -0.2) is 36.7 Å². The maximum atomic E-state index is 11.7. The van der Waals surface area contributed by atoms with Crippen LogP contribution in [0, 0.1) is 6.92 Å². The van der Waals surface area contributed by atoms with Gasteiger partial charge in [-0.1, -0.05) is 0 Å². The molecule has 1 unspecified atom stereocenters. The molecule has 2 heterocycles. The van der Waals surface area contributed by atoms with E-state index in [1.807, 2.05) is 17.7 Å². The van der Waals surface area contributed by atoms with Gasteiger partial charge in [0, 0.05) is 25.0 Å². The molecule has 0 radical (unpaired) electrons. The van der Waals surface area contributed by atoms with Gasteiger partial charge in [0.2, 0.25) is 5.82 Å². The first kappa shape index (κ1) is 11.3. The summed E-state index contributed by atoms with van der Waals surface area (Å²) in [6, 6.07) is -0.0180. The molecule has 2 N–H and O–H groups in total. The molecule has 0 spiro atoms. The fraction of sp³-hybridized carbons (Fsp3) is 0.400. The lowest BCUT2D eigenvalue weighted by Crippen LogP contribution is -2.36. The summed E-state index contributed by atoms with van der Waals surface area (Å²) in [4.78, 5) is 19.6. The molecule has 1 amide bonds. The van der Waals surface area contributed by atoms with Crippen molar-refractivity contribution < 1.29 is 4.79 Å². The number of amides is 1. The number of aromatic amines is 1. The molecule has 0 aliphatic carbocycles. The molecule has 17 heavy (non-hydrogen) atoms. The highest BCUT2D eigenvalue weighted by molar-refractivity contribution is 5.90. The molecule has 7 heteroatoms. The highest BCUT2D eigenvalue weighted by Crippen LogP contribution is 1.95.